The maximum absolute atomic E-state index is 9.84. The van der Waals surface area contributed by atoms with Gasteiger partial charge >= 0.3 is 0 Å². The molecule has 6 heteroatoms. The van der Waals surface area contributed by atoms with E-state index in [1.165, 1.54) is 0 Å². The Labute approximate surface area is 94.8 Å². The summed E-state index contributed by atoms with van der Waals surface area (Å²) in [5.41, 5.74) is 5.69. The van der Waals surface area contributed by atoms with Crippen LogP contribution in [0.4, 0.5) is 0 Å². The van der Waals surface area contributed by atoms with Crippen LogP contribution in [0.1, 0.15) is 6.42 Å². The second-order valence-electron chi connectivity index (χ2n) is 4.02. The molecule has 1 fully saturated rings. The SMILES string of the molecule is CO[C@@H]1CCN(C2=NC(N)C=CN2)CC1O. The number of nitrogens with one attached hydrogen (secondary N) is 1. The summed E-state index contributed by atoms with van der Waals surface area (Å²) in [6, 6.07) is 0. The lowest BCUT2D eigenvalue weighted by Crippen LogP contribution is -2.53. The number of likely N-dealkylation sites (tertiary alicyclic amines) is 1. The van der Waals surface area contributed by atoms with Crippen LogP contribution in [-0.4, -0.2) is 54.5 Å². The molecule has 0 spiro atoms. The Morgan fingerprint density at radius 1 is 1.69 bits per heavy atom. The monoisotopic (exact) mass is 226 g/mol. The van der Waals surface area contributed by atoms with E-state index in [0.717, 1.165) is 18.9 Å². The third kappa shape index (κ3) is 2.34. The van der Waals surface area contributed by atoms with E-state index in [-0.39, 0.29) is 12.3 Å². The number of piperidine rings is 1. The normalized spacial score (nSPS) is 34.6. The standard InChI is InChI=1S/C10H18N4O2/c1-16-8-3-5-14(6-7(8)15)10-12-4-2-9(11)13-10/h2,4,7-9,15H,3,5-6,11H2,1H3,(H,12,13)/t7?,8-,9?/m1/s1. The topological polar surface area (TPSA) is 83.1 Å². The molecule has 4 N–H and O–H groups in total. The van der Waals surface area contributed by atoms with Crippen molar-refractivity contribution >= 4 is 5.96 Å². The van der Waals surface area contributed by atoms with Gasteiger partial charge in [-0.1, -0.05) is 0 Å². The highest BCUT2D eigenvalue weighted by Gasteiger charge is 2.29. The van der Waals surface area contributed by atoms with Gasteiger partial charge < -0.3 is 25.8 Å². The van der Waals surface area contributed by atoms with Gasteiger partial charge in [0.25, 0.3) is 0 Å². The average Bonchev–Trinajstić information content (AvgIpc) is 2.29. The predicted molar refractivity (Wildman–Crippen MR) is 60.7 cm³/mol. The van der Waals surface area contributed by atoms with Crippen molar-refractivity contribution in [2.24, 2.45) is 10.7 Å². The number of aliphatic hydroxyl groups is 1. The molecule has 0 aromatic heterocycles. The molecule has 0 aromatic carbocycles. The molecule has 2 rings (SSSR count). The van der Waals surface area contributed by atoms with Gasteiger partial charge in [0.1, 0.15) is 6.17 Å². The molecule has 0 amide bonds. The van der Waals surface area contributed by atoms with Gasteiger partial charge in [0.05, 0.1) is 12.2 Å². The Hall–Kier alpha value is -1.11. The summed E-state index contributed by atoms with van der Waals surface area (Å²) in [6.07, 6.45) is 3.49. The van der Waals surface area contributed by atoms with Crippen molar-refractivity contribution in [2.45, 2.75) is 24.8 Å². The Morgan fingerprint density at radius 2 is 2.50 bits per heavy atom. The molecule has 90 valence electrons. The van der Waals surface area contributed by atoms with Crippen LogP contribution >= 0.6 is 0 Å². The van der Waals surface area contributed by atoms with Crippen molar-refractivity contribution in [3.63, 3.8) is 0 Å². The van der Waals surface area contributed by atoms with Crippen LogP contribution in [0.2, 0.25) is 0 Å². The maximum atomic E-state index is 9.84. The van der Waals surface area contributed by atoms with Gasteiger partial charge in [-0.15, -0.1) is 0 Å². The fourth-order valence-electron chi connectivity index (χ4n) is 1.99. The van der Waals surface area contributed by atoms with Crippen LogP contribution in [0.3, 0.4) is 0 Å². The Bertz CT molecular complexity index is 305. The zero-order valence-electron chi connectivity index (χ0n) is 9.34. The molecule has 0 bridgehead atoms. The second-order valence-corrected chi connectivity index (χ2v) is 4.02. The smallest absolute Gasteiger partial charge is 0.199 e. The van der Waals surface area contributed by atoms with E-state index in [2.05, 4.69) is 10.3 Å². The second kappa shape index (κ2) is 4.82. The number of methoxy groups -OCH3 is 1. The van der Waals surface area contributed by atoms with E-state index in [9.17, 15) is 5.11 Å². The van der Waals surface area contributed by atoms with Crippen molar-refractivity contribution in [1.29, 1.82) is 0 Å². The summed E-state index contributed by atoms with van der Waals surface area (Å²) in [4.78, 5) is 6.25. The van der Waals surface area contributed by atoms with Gasteiger partial charge in [-0.05, 0) is 12.5 Å². The summed E-state index contributed by atoms with van der Waals surface area (Å²) in [6.45, 7) is 1.33. The highest BCUT2D eigenvalue weighted by molar-refractivity contribution is 5.82. The third-order valence-electron chi connectivity index (χ3n) is 2.90. The highest BCUT2D eigenvalue weighted by Crippen LogP contribution is 2.14. The van der Waals surface area contributed by atoms with E-state index in [1.807, 2.05) is 4.90 Å². The first kappa shape index (κ1) is 11.4. The van der Waals surface area contributed by atoms with Crippen LogP contribution in [0.5, 0.6) is 0 Å². The lowest BCUT2D eigenvalue weighted by atomic mass is 10.1. The number of hydrogen-bond acceptors (Lipinski definition) is 6. The minimum atomic E-state index is -0.481. The Morgan fingerprint density at radius 3 is 3.12 bits per heavy atom. The summed E-state index contributed by atoms with van der Waals surface area (Å²) in [7, 11) is 1.62. The number of nitrogens with zero attached hydrogens (tertiary/aromatic N) is 2. The first-order valence-electron chi connectivity index (χ1n) is 5.43. The molecule has 2 aliphatic rings. The highest BCUT2D eigenvalue weighted by atomic mass is 16.5. The average molecular weight is 226 g/mol. The summed E-state index contributed by atoms with van der Waals surface area (Å²) < 4.78 is 5.18. The van der Waals surface area contributed by atoms with Gasteiger partial charge in [-0.25, -0.2) is 4.99 Å². The summed E-state index contributed by atoms with van der Waals surface area (Å²) in [5, 5.41) is 12.9. The molecule has 1 saturated heterocycles. The molecular formula is C10H18N4O2. The van der Waals surface area contributed by atoms with Crippen molar-refractivity contribution < 1.29 is 9.84 Å². The molecule has 3 atom stereocenters. The number of aliphatic hydroxyl groups excluding tert-OH is 1. The number of guanidine groups is 1. The molecule has 0 saturated carbocycles. The zero-order chi connectivity index (χ0) is 11.5. The van der Waals surface area contributed by atoms with Gasteiger partial charge in [0, 0.05) is 26.4 Å². The molecule has 2 unspecified atom stereocenters. The number of β-amino-alcohol motifs (C(OH)–C–C–N with tert-alkyl or cyclic N) is 1. The van der Waals surface area contributed by atoms with E-state index in [0.29, 0.717) is 6.54 Å². The van der Waals surface area contributed by atoms with Crippen LogP contribution in [-0.2, 0) is 4.74 Å². The van der Waals surface area contributed by atoms with Crippen molar-refractivity contribution in [2.75, 3.05) is 20.2 Å². The van der Waals surface area contributed by atoms with Crippen molar-refractivity contribution in [1.82, 2.24) is 10.2 Å². The molecule has 0 radical (unpaired) electrons. The molecular weight excluding hydrogens is 208 g/mol. The Balaban J connectivity index is 1.97. The maximum Gasteiger partial charge on any atom is 0.199 e. The van der Waals surface area contributed by atoms with Gasteiger partial charge in [-0.2, -0.15) is 0 Å². The minimum absolute atomic E-state index is 0.0790. The fraction of sp³-hybridized carbons (Fsp3) is 0.700. The number of nitrogens with two attached hydrogens (primary N) is 1. The first-order valence-corrected chi connectivity index (χ1v) is 5.43. The fourth-order valence-corrected chi connectivity index (χ4v) is 1.99. The molecule has 2 heterocycles. The minimum Gasteiger partial charge on any atom is -0.389 e. The van der Waals surface area contributed by atoms with Crippen LogP contribution in [0.25, 0.3) is 0 Å². The van der Waals surface area contributed by atoms with E-state index in [4.69, 9.17) is 10.5 Å². The van der Waals surface area contributed by atoms with E-state index in [1.54, 1.807) is 19.4 Å². The number of aliphatic imine (C=N–C) groups is 1. The Kier molecular flexibility index (Phi) is 3.42. The van der Waals surface area contributed by atoms with Crippen molar-refractivity contribution in [3.05, 3.63) is 12.3 Å². The zero-order valence-corrected chi connectivity index (χ0v) is 9.34. The number of hydrogen-bond donors (Lipinski definition) is 3. The number of rotatable bonds is 1. The molecule has 16 heavy (non-hydrogen) atoms. The van der Waals surface area contributed by atoms with Gasteiger partial charge in [0.2, 0.25) is 0 Å². The molecule has 0 aliphatic carbocycles. The van der Waals surface area contributed by atoms with Crippen LogP contribution in [0, 0.1) is 0 Å². The van der Waals surface area contributed by atoms with Crippen LogP contribution < -0.4 is 11.1 Å². The predicted octanol–water partition coefficient (Wildman–Crippen LogP) is -1.17. The van der Waals surface area contributed by atoms with E-state index < -0.39 is 6.10 Å². The lowest BCUT2D eigenvalue weighted by Gasteiger charge is -2.37. The number of ether oxygens (including phenoxy) is 1. The van der Waals surface area contributed by atoms with Gasteiger partial charge in [0.15, 0.2) is 5.96 Å². The summed E-state index contributed by atoms with van der Waals surface area (Å²) >= 11 is 0. The molecule has 6 nitrogen and oxygen atoms in total. The first-order chi connectivity index (χ1) is 7.70. The lowest BCUT2D eigenvalue weighted by molar-refractivity contribution is -0.0472. The largest absolute Gasteiger partial charge is 0.389 e. The van der Waals surface area contributed by atoms with E-state index >= 15 is 0 Å². The quantitative estimate of drug-likeness (QED) is 0.524. The van der Waals surface area contributed by atoms with Gasteiger partial charge in [-0.3, -0.25) is 0 Å². The summed E-state index contributed by atoms with van der Waals surface area (Å²) in [5.74, 6) is 0.726. The molecule has 0 aromatic rings. The van der Waals surface area contributed by atoms with Crippen LogP contribution in [0.15, 0.2) is 17.3 Å². The van der Waals surface area contributed by atoms with Crippen molar-refractivity contribution in [3.8, 4) is 0 Å². The third-order valence-corrected chi connectivity index (χ3v) is 2.90. The molecule has 2 aliphatic heterocycles.